The Kier molecular flexibility index (Phi) is 8.02. The van der Waals surface area contributed by atoms with Crippen molar-refractivity contribution in [2.75, 3.05) is 30.3 Å². The van der Waals surface area contributed by atoms with E-state index in [1.54, 1.807) is 0 Å². The second-order valence-corrected chi connectivity index (χ2v) is 6.15. The van der Waals surface area contributed by atoms with Gasteiger partial charge in [0.05, 0.1) is 6.61 Å². The van der Waals surface area contributed by atoms with Crippen LogP contribution < -0.4 is 15.4 Å². The first kappa shape index (κ1) is 18.2. The zero-order chi connectivity index (χ0) is 17.0. The van der Waals surface area contributed by atoms with Gasteiger partial charge in [-0.05, 0) is 49.7 Å². The van der Waals surface area contributed by atoms with E-state index in [9.17, 15) is 0 Å². The molecule has 0 fully saturated rings. The van der Waals surface area contributed by atoms with E-state index in [0.29, 0.717) is 0 Å². The summed E-state index contributed by atoms with van der Waals surface area (Å²) in [6.07, 6.45) is 4.95. The maximum atomic E-state index is 5.76. The molecule has 3 heteroatoms. The van der Waals surface area contributed by atoms with Crippen LogP contribution in [0.5, 0.6) is 5.75 Å². The highest BCUT2D eigenvalue weighted by molar-refractivity contribution is 5.47. The van der Waals surface area contributed by atoms with E-state index in [0.717, 1.165) is 43.2 Å². The molecule has 2 N–H and O–H groups in total. The lowest BCUT2D eigenvalue weighted by molar-refractivity contribution is 0.305. The van der Waals surface area contributed by atoms with Gasteiger partial charge in [0, 0.05) is 24.5 Å². The minimum absolute atomic E-state index is 0.813. The van der Waals surface area contributed by atoms with Gasteiger partial charge in [-0.2, -0.15) is 0 Å². The van der Waals surface area contributed by atoms with E-state index < -0.39 is 0 Å². The number of hydrogen-bond donors (Lipinski definition) is 2. The third-order valence-electron chi connectivity index (χ3n) is 3.96. The highest BCUT2D eigenvalue weighted by Gasteiger charge is 1.96. The van der Waals surface area contributed by atoms with Gasteiger partial charge < -0.3 is 15.4 Å². The topological polar surface area (TPSA) is 33.3 Å². The van der Waals surface area contributed by atoms with Crippen molar-refractivity contribution in [3.63, 3.8) is 0 Å². The lowest BCUT2D eigenvalue weighted by Gasteiger charge is -2.10. The van der Waals surface area contributed by atoms with Crippen LogP contribution in [0.2, 0.25) is 0 Å². The summed E-state index contributed by atoms with van der Waals surface area (Å²) >= 11 is 0. The fourth-order valence-corrected chi connectivity index (χ4v) is 2.47. The fourth-order valence-electron chi connectivity index (χ4n) is 2.47. The average molecular weight is 326 g/mol. The third kappa shape index (κ3) is 6.95. The summed E-state index contributed by atoms with van der Waals surface area (Å²) in [6.45, 7) is 6.91. The number of anilines is 2. The molecule has 2 aromatic rings. The number of unbranched alkanes of at least 4 members (excludes halogenated alkanes) is 3. The van der Waals surface area contributed by atoms with Crippen molar-refractivity contribution < 1.29 is 4.74 Å². The predicted molar refractivity (Wildman–Crippen MR) is 104 cm³/mol. The molecular formula is C21H30N2O. The van der Waals surface area contributed by atoms with Gasteiger partial charge in [0.2, 0.25) is 0 Å². The lowest BCUT2D eigenvalue weighted by atomic mass is 10.2. The molecule has 0 heterocycles. The van der Waals surface area contributed by atoms with Crippen molar-refractivity contribution in [2.24, 2.45) is 0 Å². The Labute approximate surface area is 146 Å². The minimum atomic E-state index is 0.813. The van der Waals surface area contributed by atoms with Crippen molar-refractivity contribution in [2.45, 2.75) is 39.5 Å². The number of ether oxygens (including phenoxy) is 1. The van der Waals surface area contributed by atoms with Gasteiger partial charge in [-0.25, -0.2) is 0 Å². The average Bonchev–Trinajstić information content (AvgIpc) is 2.61. The van der Waals surface area contributed by atoms with E-state index in [-0.39, 0.29) is 0 Å². The Hall–Kier alpha value is -2.16. The monoisotopic (exact) mass is 326 g/mol. The van der Waals surface area contributed by atoms with Gasteiger partial charge >= 0.3 is 0 Å². The Morgan fingerprint density at radius 3 is 1.92 bits per heavy atom. The summed E-state index contributed by atoms with van der Waals surface area (Å²) in [6, 6.07) is 16.7. The number of benzene rings is 2. The smallest absolute Gasteiger partial charge is 0.119 e. The predicted octanol–water partition coefficient (Wildman–Crippen LogP) is 5.48. The Balaban J connectivity index is 1.62. The molecule has 0 aliphatic carbocycles. The van der Waals surface area contributed by atoms with E-state index in [1.165, 1.54) is 24.8 Å². The molecule has 2 aromatic carbocycles. The first-order valence-corrected chi connectivity index (χ1v) is 9.05. The van der Waals surface area contributed by atoms with E-state index in [4.69, 9.17) is 4.74 Å². The molecule has 0 saturated heterocycles. The first-order valence-electron chi connectivity index (χ1n) is 9.05. The number of hydrogen-bond acceptors (Lipinski definition) is 3. The molecule has 0 saturated carbocycles. The highest BCUT2D eigenvalue weighted by Crippen LogP contribution is 2.16. The van der Waals surface area contributed by atoms with Crippen molar-refractivity contribution in [1.29, 1.82) is 0 Å². The molecule has 0 unspecified atom stereocenters. The van der Waals surface area contributed by atoms with Gasteiger partial charge in [0.15, 0.2) is 0 Å². The van der Waals surface area contributed by atoms with Crippen LogP contribution in [-0.4, -0.2) is 19.7 Å². The zero-order valence-electron chi connectivity index (χ0n) is 15.0. The summed E-state index contributed by atoms with van der Waals surface area (Å²) in [7, 11) is 0. The second kappa shape index (κ2) is 10.6. The minimum Gasteiger partial charge on any atom is -0.494 e. The maximum Gasteiger partial charge on any atom is 0.119 e. The summed E-state index contributed by atoms with van der Waals surface area (Å²) in [5, 5.41) is 6.83. The largest absolute Gasteiger partial charge is 0.494 e. The molecule has 24 heavy (non-hydrogen) atoms. The quantitative estimate of drug-likeness (QED) is 0.537. The van der Waals surface area contributed by atoms with Crippen LogP contribution in [0.4, 0.5) is 11.4 Å². The molecular weight excluding hydrogens is 296 g/mol. The summed E-state index contributed by atoms with van der Waals surface area (Å²) < 4.78 is 5.76. The van der Waals surface area contributed by atoms with Crippen LogP contribution in [0.15, 0.2) is 48.5 Å². The van der Waals surface area contributed by atoms with Crippen molar-refractivity contribution >= 4 is 11.4 Å². The van der Waals surface area contributed by atoms with Crippen LogP contribution >= 0.6 is 0 Å². The maximum absolute atomic E-state index is 5.76. The summed E-state index contributed by atoms with van der Waals surface area (Å²) in [5.74, 6) is 0.954. The third-order valence-corrected chi connectivity index (χ3v) is 3.96. The number of nitrogens with one attached hydrogen (secondary N) is 2. The molecule has 0 aliphatic heterocycles. The lowest BCUT2D eigenvalue weighted by Crippen LogP contribution is -2.13. The molecule has 3 nitrogen and oxygen atoms in total. The summed E-state index contributed by atoms with van der Waals surface area (Å²) in [4.78, 5) is 0. The SMILES string of the molecule is CCCCCCOc1ccc(NCCNc2ccc(C)cc2)cc1. The van der Waals surface area contributed by atoms with Gasteiger partial charge in [-0.15, -0.1) is 0 Å². The molecule has 0 atom stereocenters. The number of rotatable bonds is 11. The first-order chi connectivity index (χ1) is 11.8. The van der Waals surface area contributed by atoms with E-state index in [2.05, 4.69) is 60.9 Å². The van der Waals surface area contributed by atoms with Gasteiger partial charge in [-0.1, -0.05) is 43.9 Å². The Morgan fingerprint density at radius 1 is 0.750 bits per heavy atom. The fraction of sp³-hybridized carbons (Fsp3) is 0.429. The summed E-state index contributed by atoms with van der Waals surface area (Å²) in [5.41, 5.74) is 3.57. The van der Waals surface area contributed by atoms with Crippen molar-refractivity contribution in [3.05, 3.63) is 54.1 Å². The second-order valence-electron chi connectivity index (χ2n) is 6.15. The van der Waals surface area contributed by atoms with Crippen LogP contribution in [-0.2, 0) is 0 Å². The highest BCUT2D eigenvalue weighted by atomic mass is 16.5. The van der Waals surface area contributed by atoms with Crippen LogP contribution in [0.1, 0.15) is 38.2 Å². The van der Waals surface area contributed by atoms with Gasteiger partial charge in [0.1, 0.15) is 5.75 Å². The molecule has 0 spiro atoms. The van der Waals surface area contributed by atoms with Crippen molar-refractivity contribution in [1.82, 2.24) is 0 Å². The molecule has 0 aromatic heterocycles. The molecule has 0 amide bonds. The molecule has 2 rings (SSSR count). The van der Waals surface area contributed by atoms with E-state index in [1.807, 2.05) is 12.1 Å². The van der Waals surface area contributed by atoms with Crippen LogP contribution in [0, 0.1) is 6.92 Å². The van der Waals surface area contributed by atoms with Gasteiger partial charge in [-0.3, -0.25) is 0 Å². The molecule has 0 bridgehead atoms. The number of aryl methyl sites for hydroxylation is 1. The van der Waals surface area contributed by atoms with Crippen LogP contribution in [0.3, 0.4) is 0 Å². The molecule has 0 aliphatic rings. The van der Waals surface area contributed by atoms with E-state index >= 15 is 0 Å². The van der Waals surface area contributed by atoms with Crippen molar-refractivity contribution in [3.8, 4) is 5.75 Å². The van der Waals surface area contributed by atoms with Crippen LogP contribution in [0.25, 0.3) is 0 Å². The Bertz CT molecular complexity index is 563. The molecule has 130 valence electrons. The standard InChI is InChI=1S/C21H30N2O/c1-3-4-5-6-17-24-21-13-11-20(12-14-21)23-16-15-22-19-9-7-18(2)8-10-19/h7-14,22-23H,3-6,15-17H2,1-2H3. The molecule has 0 radical (unpaired) electrons. The normalized spacial score (nSPS) is 10.4. The zero-order valence-corrected chi connectivity index (χ0v) is 15.0. The Morgan fingerprint density at radius 2 is 1.33 bits per heavy atom. The van der Waals surface area contributed by atoms with Gasteiger partial charge in [0.25, 0.3) is 0 Å².